The summed E-state index contributed by atoms with van der Waals surface area (Å²) in [5.74, 6) is -3.12. The van der Waals surface area contributed by atoms with Crippen LogP contribution >= 0.6 is 0 Å². The van der Waals surface area contributed by atoms with Gasteiger partial charge in [-0.1, -0.05) is 12.1 Å². The van der Waals surface area contributed by atoms with Crippen LogP contribution in [0, 0.1) is 0 Å². The highest BCUT2D eigenvalue weighted by Gasteiger charge is 2.33. The maximum absolute atomic E-state index is 13.6. The number of benzene rings is 2. The molecule has 6 rings (SSSR count). The number of hydrogen-bond acceptors (Lipinski definition) is 16. The Hall–Kier alpha value is -5.24. The lowest BCUT2D eigenvalue weighted by molar-refractivity contribution is -0.159. The maximum Gasteiger partial charge on any atom is 0.332 e. The SMILES string of the molecule is CCOC(=O)CCN1CCc2ccc(NC(=O)COC3CCNCC3)cc2C1OC(=O)/C=C\C(=O)OC1c2cc(NC(=O)COC3CCNCC3)ccc2CCN1CCC(=O)OCC. The Bertz CT molecular complexity index is 1830. The van der Waals surface area contributed by atoms with Crippen molar-refractivity contribution in [2.75, 3.05) is 89.4 Å². The third-order valence-corrected chi connectivity index (χ3v) is 11.5. The van der Waals surface area contributed by atoms with Crippen LogP contribution < -0.4 is 21.3 Å². The monoisotopic (exact) mass is 890 g/mol. The summed E-state index contributed by atoms with van der Waals surface area (Å²) < 4.78 is 34.0. The number of hydrogen-bond donors (Lipinski definition) is 4. The number of anilines is 2. The number of amides is 2. The van der Waals surface area contributed by atoms with E-state index in [1.807, 2.05) is 21.9 Å². The van der Waals surface area contributed by atoms with Gasteiger partial charge in [0.25, 0.3) is 0 Å². The predicted octanol–water partition coefficient (Wildman–Crippen LogP) is 3.06. The van der Waals surface area contributed by atoms with Crippen molar-refractivity contribution >= 4 is 47.1 Å². The van der Waals surface area contributed by atoms with Crippen LogP contribution in [-0.4, -0.2) is 136 Å². The molecule has 4 N–H and O–H groups in total. The van der Waals surface area contributed by atoms with Crippen molar-refractivity contribution in [2.24, 2.45) is 0 Å². The van der Waals surface area contributed by atoms with Crippen LogP contribution in [0.5, 0.6) is 0 Å². The molecular formula is C46H62N6O12. The Balaban J connectivity index is 1.14. The smallest absolute Gasteiger partial charge is 0.332 e. The van der Waals surface area contributed by atoms with Crippen molar-refractivity contribution in [3.8, 4) is 0 Å². The average Bonchev–Trinajstić information content (AvgIpc) is 3.30. The topological polar surface area (TPSA) is 212 Å². The number of nitrogens with one attached hydrogen (secondary N) is 4. The second kappa shape index (κ2) is 24.7. The van der Waals surface area contributed by atoms with E-state index in [0.29, 0.717) is 48.4 Å². The van der Waals surface area contributed by atoms with Gasteiger partial charge in [0.2, 0.25) is 11.8 Å². The van der Waals surface area contributed by atoms with Gasteiger partial charge in [0.15, 0.2) is 12.5 Å². The number of rotatable bonds is 20. The second-order valence-corrected chi connectivity index (χ2v) is 16.0. The van der Waals surface area contributed by atoms with Gasteiger partial charge in [0.1, 0.15) is 13.2 Å². The van der Waals surface area contributed by atoms with Crippen molar-refractivity contribution in [2.45, 2.75) is 89.9 Å². The Morgan fingerprint density at radius 2 is 1.03 bits per heavy atom. The predicted molar refractivity (Wildman–Crippen MR) is 234 cm³/mol. The molecule has 2 saturated heterocycles. The van der Waals surface area contributed by atoms with Crippen molar-refractivity contribution in [3.05, 3.63) is 70.8 Å². The summed E-state index contributed by atoms with van der Waals surface area (Å²) in [4.78, 5) is 81.3. The molecule has 2 aromatic carbocycles. The molecule has 2 amide bonds. The van der Waals surface area contributed by atoms with Crippen LogP contribution in [0.4, 0.5) is 11.4 Å². The first kappa shape index (κ1) is 48.2. The van der Waals surface area contributed by atoms with E-state index in [0.717, 1.165) is 75.1 Å². The molecule has 2 fully saturated rings. The van der Waals surface area contributed by atoms with Crippen LogP contribution in [-0.2, 0) is 70.0 Å². The third-order valence-electron chi connectivity index (χ3n) is 11.5. The fourth-order valence-electron chi connectivity index (χ4n) is 8.23. The molecule has 0 aromatic heterocycles. The van der Waals surface area contributed by atoms with Crippen LogP contribution in [0.1, 0.15) is 87.1 Å². The summed E-state index contributed by atoms with van der Waals surface area (Å²) in [6.07, 6.45) is 4.65. The number of esters is 4. The van der Waals surface area contributed by atoms with E-state index in [2.05, 4.69) is 21.3 Å². The van der Waals surface area contributed by atoms with E-state index in [4.69, 9.17) is 28.4 Å². The molecule has 4 aliphatic rings. The number of piperidine rings is 2. The standard InChI is InChI=1S/C46H62N6O12/c1-3-59-41(55)17-25-51-23-15-31-5-7-33(49-39(53)29-61-35-11-19-47-20-12-35)27-37(31)45(51)63-43(57)9-10-44(58)64-46-38-28-34(50-40(54)30-62-36-13-21-48-22-14-36)8-6-32(38)16-24-52(46)26-18-42(56)60-4-2/h5-10,27-28,35-36,45-48H,3-4,11-26,29-30H2,1-2H3,(H,49,53)(H,50,54)/b10-9-. The summed E-state index contributed by atoms with van der Waals surface area (Å²) in [6, 6.07) is 10.8. The fraction of sp³-hybridized carbons (Fsp3) is 0.565. The number of carbonyl (C=O) groups is 6. The fourth-order valence-corrected chi connectivity index (χ4v) is 8.23. The third kappa shape index (κ3) is 14.6. The van der Waals surface area contributed by atoms with E-state index >= 15 is 0 Å². The number of fused-ring (bicyclic) bond motifs is 2. The van der Waals surface area contributed by atoms with Gasteiger partial charge in [0.05, 0.1) is 38.3 Å². The Morgan fingerprint density at radius 3 is 1.42 bits per heavy atom. The quantitative estimate of drug-likeness (QED) is 0.0855. The normalized spacial score (nSPS) is 19.5. The van der Waals surface area contributed by atoms with Gasteiger partial charge < -0.3 is 49.7 Å². The summed E-state index contributed by atoms with van der Waals surface area (Å²) >= 11 is 0. The molecule has 2 unspecified atom stereocenters. The molecule has 0 aliphatic carbocycles. The zero-order chi connectivity index (χ0) is 45.3. The molecule has 0 bridgehead atoms. The molecular weight excluding hydrogens is 829 g/mol. The summed E-state index contributed by atoms with van der Waals surface area (Å²) in [6.45, 7) is 8.42. The first-order valence-corrected chi connectivity index (χ1v) is 22.5. The summed E-state index contributed by atoms with van der Waals surface area (Å²) in [7, 11) is 0. The van der Waals surface area contributed by atoms with Crippen LogP contribution in [0.25, 0.3) is 0 Å². The Labute approximate surface area is 374 Å². The zero-order valence-corrected chi connectivity index (χ0v) is 36.9. The van der Waals surface area contributed by atoms with Gasteiger partial charge in [-0.2, -0.15) is 0 Å². The van der Waals surface area contributed by atoms with Gasteiger partial charge in [0, 0.05) is 60.8 Å². The van der Waals surface area contributed by atoms with Crippen LogP contribution in [0.15, 0.2) is 48.6 Å². The molecule has 2 aromatic rings. The lowest BCUT2D eigenvalue weighted by Crippen LogP contribution is -2.39. The highest BCUT2D eigenvalue weighted by Crippen LogP contribution is 2.35. The van der Waals surface area contributed by atoms with E-state index < -0.39 is 36.3 Å². The van der Waals surface area contributed by atoms with Gasteiger partial charge in [-0.15, -0.1) is 0 Å². The van der Waals surface area contributed by atoms with Crippen LogP contribution in [0.3, 0.4) is 0 Å². The first-order valence-electron chi connectivity index (χ1n) is 22.5. The van der Waals surface area contributed by atoms with Gasteiger partial charge >= 0.3 is 23.9 Å². The van der Waals surface area contributed by atoms with E-state index in [1.165, 1.54) is 0 Å². The molecule has 4 aliphatic heterocycles. The molecule has 348 valence electrons. The van der Waals surface area contributed by atoms with Gasteiger partial charge in [-0.3, -0.25) is 29.0 Å². The van der Waals surface area contributed by atoms with E-state index in [1.54, 1.807) is 38.1 Å². The highest BCUT2D eigenvalue weighted by molar-refractivity contribution is 5.93. The number of ether oxygens (including phenoxy) is 6. The minimum absolute atomic E-state index is 0.00751. The molecule has 2 atom stereocenters. The first-order chi connectivity index (χ1) is 31.1. The highest BCUT2D eigenvalue weighted by atomic mass is 16.6. The van der Waals surface area contributed by atoms with Crippen molar-refractivity contribution in [3.63, 3.8) is 0 Å². The van der Waals surface area contributed by atoms with Gasteiger partial charge in [-0.25, -0.2) is 9.59 Å². The van der Waals surface area contributed by atoms with Crippen molar-refractivity contribution in [1.82, 2.24) is 20.4 Å². The Kier molecular flexibility index (Phi) is 18.6. The van der Waals surface area contributed by atoms with Gasteiger partial charge in [-0.05, 0) is 114 Å². The number of carbonyl (C=O) groups excluding carboxylic acids is 6. The summed E-state index contributed by atoms with van der Waals surface area (Å²) in [5, 5.41) is 12.3. The molecule has 0 saturated carbocycles. The van der Waals surface area contributed by atoms with Crippen molar-refractivity contribution < 1.29 is 57.2 Å². The average molecular weight is 891 g/mol. The minimum atomic E-state index is -0.962. The molecule has 64 heavy (non-hydrogen) atoms. The lowest BCUT2D eigenvalue weighted by Gasteiger charge is -2.36. The second-order valence-electron chi connectivity index (χ2n) is 16.0. The molecule has 18 nitrogen and oxygen atoms in total. The van der Waals surface area contributed by atoms with Crippen molar-refractivity contribution in [1.29, 1.82) is 0 Å². The summed E-state index contributed by atoms with van der Waals surface area (Å²) in [5.41, 5.74) is 3.99. The molecule has 0 radical (unpaired) electrons. The molecule has 18 heteroatoms. The molecule has 4 heterocycles. The largest absolute Gasteiger partial charge is 0.466 e. The van der Waals surface area contributed by atoms with E-state index in [-0.39, 0.29) is 76.4 Å². The maximum atomic E-state index is 13.6. The zero-order valence-electron chi connectivity index (χ0n) is 36.9. The van der Waals surface area contributed by atoms with Crippen LogP contribution in [0.2, 0.25) is 0 Å². The van der Waals surface area contributed by atoms with E-state index in [9.17, 15) is 28.8 Å². The molecule has 0 spiro atoms. The number of nitrogens with zero attached hydrogens (tertiary/aromatic N) is 2. The minimum Gasteiger partial charge on any atom is -0.466 e. The Morgan fingerprint density at radius 1 is 0.625 bits per heavy atom. The lowest BCUT2D eigenvalue weighted by atomic mass is 9.97.